The van der Waals surface area contributed by atoms with Crippen molar-refractivity contribution >= 4 is 0 Å². The van der Waals surface area contributed by atoms with Gasteiger partial charge in [-0.05, 0) is 50.3 Å². The zero-order valence-electron chi connectivity index (χ0n) is 10.9. The Morgan fingerprint density at radius 2 is 1.79 bits per heavy atom. The van der Waals surface area contributed by atoms with E-state index in [9.17, 15) is 8.78 Å². The molecule has 1 aromatic heterocycles. The minimum atomic E-state index is -0.526. The van der Waals surface area contributed by atoms with E-state index in [-0.39, 0.29) is 0 Å². The van der Waals surface area contributed by atoms with Gasteiger partial charge in [0.1, 0.15) is 17.5 Å². The molecular weight excluding hydrogens is 246 g/mol. The number of hydrogen-bond donors (Lipinski definition) is 0. The van der Waals surface area contributed by atoms with Crippen molar-refractivity contribution in [1.29, 1.82) is 0 Å². The van der Waals surface area contributed by atoms with Crippen LogP contribution in [0, 0.1) is 18.6 Å². The van der Waals surface area contributed by atoms with Crippen LogP contribution in [0.15, 0.2) is 18.2 Å². The first-order valence-corrected chi connectivity index (χ1v) is 6.63. The number of nitrogens with zero attached hydrogens (tertiary/aromatic N) is 2. The van der Waals surface area contributed by atoms with Crippen LogP contribution in [0.25, 0.3) is 0 Å². The zero-order valence-corrected chi connectivity index (χ0v) is 10.9. The van der Waals surface area contributed by atoms with Gasteiger partial charge in [-0.1, -0.05) is 0 Å². The summed E-state index contributed by atoms with van der Waals surface area (Å²) in [5.41, 5.74) is 3.03. The standard InChI is InChI=1S/C15H16F2N2/c1-10-18-14-4-2-3-5-15(14)19(10)9-11-6-12(16)8-13(17)7-11/h6-8H,2-5,9H2,1H3. The summed E-state index contributed by atoms with van der Waals surface area (Å²) in [4.78, 5) is 4.57. The van der Waals surface area contributed by atoms with Gasteiger partial charge in [-0.2, -0.15) is 0 Å². The molecule has 1 heterocycles. The molecule has 0 saturated heterocycles. The third kappa shape index (κ3) is 2.39. The maximum Gasteiger partial charge on any atom is 0.126 e. The van der Waals surface area contributed by atoms with E-state index in [0.717, 1.165) is 36.8 Å². The van der Waals surface area contributed by atoms with Gasteiger partial charge in [0.2, 0.25) is 0 Å². The van der Waals surface area contributed by atoms with E-state index in [4.69, 9.17) is 0 Å². The molecule has 0 bridgehead atoms. The summed E-state index contributed by atoms with van der Waals surface area (Å²) < 4.78 is 28.5. The van der Waals surface area contributed by atoms with Crippen molar-refractivity contribution in [3.8, 4) is 0 Å². The summed E-state index contributed by atoms with van der Waals surface area (Å²) in [6.45, 7) is 2.44. The van der Waals surface area contributed by atoms with E-state index in [0.29, 0.717) is 12.1 Å². The fourth-order valence-electron chi connectivity index (χ4n) is 2.83. The van der Waals surface area contributed by atoms with Gasteiger partial charge in [0.25, 0.3) is 0 Å². The smallest absolute Gasteiger partial charge is 0.126 e. The minimum Gasteiger partial charge on any atom is -0.328 e. The van der Waals surface area contributed by atoms with Crippen LogP contribution >= 0.6 is 0 Å². The number of rotatable bonds is 2. The molecule has 0 radical (unpaired) electrons. The number of imidazole rings is 1. The van der Waals surface area contributed by atoms with E-state index < -0.39 is 11.6 Å². The van der Waals surface area contributed by atoms with Gasteiger partial charge in [0, 0.05) is 18.3 Å². The average Bonchev–Trinajstić information content (AvgIpc) is 2.65. The molecule has 0 fully saturated rings. The number of aryl methyl sites for hydroxylation is 2. The maximum absolute atomic E-state index is 13.2. The number of benzene rings is 1. The van der Waals surface area contributed by atoms with Crippen molar-refractivity contribution < 1.29 is 8.78 Å². The quantitative estimate of drug-likeness (QED) is 0.811. The summed E-state index contributed by atoms with van der Waals surface area (Å²) in [7, 11) is 0. The van der Waals surface area contributed by atoms with Crippen molar-refractivity contribution in [2.45, 2.75) is 39.2 Å². The molecule has 0 unspecified atom stereocenters. The Morgan fingerprint density at radius 3 is 2.53 bits per heavy atom. The van der Waals surface area contributed by atoms with Crippen LogP contribution in [0.1, 0.15) is 35.6 Å². The number of aromatic nitrogens is 2. The Hall–Kier alpha value is -1.71. The highest BCUT2D eigenvalue weighted by atomic mass is 19.1. The number of halogens is 2. The highest BCUT2D eigenvalue weighted by molar-refractivity contribution is 5.24. The summed E-state index contributed by atoms with van der Waals surface area (Å²) in [6.07, 6.45) is 4.36. The van der Waals surface area contributed by atoms with Crippen molar-refractivity contribution in [1.82, 2.24) is 9.55 Å². The summed E-state index contributed by atoms with van der Waals surface area (Å²) in [6, 6.07) is 3.68. The van der Waals surface area contributed by atoms with Gasteiger partial charge in [-0.25, -0.2) is 13.8 Å². The molecule has 2 aromatic rings. The molecule has 0 aliphatic heterocycles. The van der Waals surface area contributed by atoms with Gasteiger partial charge in [-0.15, -0.1) is 0 Å². The predicted octanol–water partition coefficient (Wildman–Crippen LogP) is 3.40. The third-order valence-electron chi connectivity index (χ3n) is 3.69. The largest absolute Gasteiger partial charge is 0.328 e. The molecule has 100 valence electrons. The fraction of sp³-hybridized carbons (Fsp3) is 0.400. The summed E-state index contributed by atoms with van der Waals surface area (Å²) in [5.74, 6) is -0.125. The molecule has 0 atom stereocenters. The fourth-order valence-corrected chi connectivity index (χ4v) is 2.83. The van der Waals surface area contributed by atoms with Gasteiger partial charge in [-0.3, -0.25) is 0 Å². The van der Waals surface area contributed by atoms with Crippen LogP contribution in [-0.4, -0.2) is 9.55 Å². The Labute approximate surface area is 111 Å². The SMILES string of the molecule is Cc1nc2c(n1Cc1cc(F)cc(F)c1)CCCC2. The van der Waals surface area contributed by atoms with Crippen molar-refractivity contribution in [2.75, 3.05) is 0 Å². The molecule has 2 nitrogen and oxygen atoms in total. The average molecular weight is 262 g/mol. The lowest BCUT2D eigenvalue weighted by Gasteiger charge is -2.15. The molecule has 19 heavy (non-hydrogen) atoms. The van der Waals surface area contributed by atoms with Gasteiger partial charge >= 0.3 is 0 Å². The Morgan fingerprint density at radius 1 is 1.11 bits per heavy atom. The topological polar surface area (TPSA) is 17.8 Å². The Balaban J connectivity index is 1.96. The van der Waals surface area contributed by atoms with Crippen molar-refractivity contribution in [3.05, 3.63) is 52.6 Å². The molecule has 0 N–H and O–H groups in total. The van der Waals surface area contributed by atoms with E-state index in [2.05, 4.69) is 9.55 Å². The van der Waals surface area contributed by atoms with Gasteiger partial charge in [0.05, 0.1) is 5.69 Å². The molecule has 0 amide bonds. The molecular formula is C15H16F2N2. The van der Waals surface area contributed by atoms with Crippen LogP contribution in [-0.2, 0) is 19.4 Å². The monoisotopic (exact) mass is 262 g/mol. The zero-order chi connectivity index (χ0) is 13.4. The lowest BCUT2D eigenvalue weighted by Crippen LogP contribution is -2.10. The molecule has 3 rings (SSSR count). The van der Waals surface area contributed by atoms with Crippen molar-refractivity contribution in [2.24, 2.45) is 0 Å². The second-order valence-electron chi connectivity index (χ2n) is 5.12. The number of hydrogen-bond acceptors (Lipinski definition) is 1. The maximum atomic E-state index is 13.2. The highest BCUT2D eigenvalue weighted by Gasteiger charge is 2.18. The minimum absolute atomic E-state index is 0.489. The lowest BCUT2D eigenvalue weighted by atomic mass is 10.0. The predicted molar refractivity (Wildman–Crippen MR) is 69.1 cm³/mol. The van der Waals surface area contributed by atoms with E-state index in [1.165, 1.54) is 24.2 Å². The summed E-state index contributed by atoms with van der Waals surface area (Å²) >= 11 is 0. The van der Waals surface area contributed by atoms with Crippen LogP contribution in [0.3, 0.4) is 0 Å². The first-order chi connectivity index (χ1) is 9.13. The number of fused-ring (bicyclic) bond motifs is 1. The van der Waals surface area contributed by atoms with E-state index >= 15 is 0 Å². The molecule has 0 saturated carbocycles. The summed E-state index contributed by atoms with van der Waals surface area (Å²) in [5, 5.41) is 0. The molecule has 0 spiro atoms. The lowest BCUT2D eigenvalue weighted by molar-refractivity contribution is 0.574. The molecule has 1 aliphatic rings. The highest BCUT2D eigenvalue weighted by Crippen LogP contribution is 2.23. The van der Waals surface area contributed by atoms with E-state index in [1.807, 2.05) is 6.92 Å². The van der Waals surface area contributed by atoms with Crippen LogP contribution in [0.2, 0.25) is 0 Å². The van der Waals surface area contributed by atoms with E-state index in [1.54, 1.807) is 0 Å². The van der Waals surface area contributed by atoms with Crippen LogP contribution in [0.5, 0.6) is 0 Å². The Kier molecular flexibility index (Phi) is 3.09. The molecule has 1 aliphatic carbocycles. The second kappa shape index (κ2) is 4.76. The first kappa shape index (κ1) is 12.3. The van der Waals surface area contributed by atoms with Crippen molar-refractivity contribution in [3.63, 3.8) is 0 Å². The normalized spacial score (nSPS) is 14.5. The van der Waals surface area contributed by atoms with Crippen LogP contribution in [0.4, 0.5) is 8.78 Å². The van der Waals surface area contributed by atoms with Gasteiger partial charge in [0.15, 0.2) is 0 Å². The first-order valence-electron chi connectivity index (χ1n) is 6.63. The third-order valence-corrected chi connectivity index (χ3v) is 3.69. The van der Waals surface area contributed by atoms with Gasteiger partial charge < -0.3 is 4.57 Å². The second-order valence-corrected chi connectivity index (χ2v) is 5.12. The van der Waals surface area contributed by atoms with Crippen LogP contribution < -0.4 is 0 Å². The molecule has 4 heteroatoms. The Bertz CT molecular complexity index is 597. The molecule has 1 aromatic carbocycles.